The third-order valence-electron chi connectivity index (χ3n) is 11.5. The largest absolute Gasteiger partial charge is 0.376 e. The Labute approximate surface area is 215 Å². The highest BCUT2D eigenvalue weighted by Gasteiger charge is 2.57. The van der Waals surface area contributed by atoms with Crippen molar-refractivity contribution >= 4 is 8.07 Å². The molecule has 0 aliphatic heterocycles. The van der Waals surface area contributed by atoms with Crippen molar-refractivity contribution in [2.75, 3.05) is 6.61 Å². The maximum atomic E-state index is 6.04. The van der Waals surface area contributed by atoms with Crippen LogP contribution in [0.25, 0.3) is 0 Å². The van der Waals surface area contributed by atoms with Crippen molar-refractivity contribution in [3.05, 3.63) is 0 Å². The lowest BCUT2D eigenvalue weighted by atomic mass is 9.76. The minimum absolute atomic E-state index is 0.0236. The van der Waals surface area contributed by atoms with Gasteiger partial charge in [0, 0.05) is 6.61 Å². The smallest absolute Gasteiger partial charge is 0.0598 e. The first-order chi connectivity index (χ1) is 16.2. The zero-order chi connectivity index (χ0) is 24.3. The van der Waals surface area contributed by atoms with Crippen LogP contribution in [-0.2, 0) is 4.74 Å². The topological polar surface area (TPSA) is 9.23 Å². The maximum Gasteiger partial charge on any atom is 0.0598 e. The fourth-order valence-corrected chi connectivity index (χ4v) is 15.3. The van der Waals surface area contributed by atoms with Crippen LogP contribution in [0.1, 0.15) is 130 Å². The molecule has 0 N–H and O–H groups in total. The molecule has 0 bridgehead atoms. The number of ether oxygens (including phenoxy) is 1. The summed E-state index contributed by atoms with van der Waals surface area (Å²) in [7, 11) is -1.28. The monoisotopic (exact) mass is 488 g/mol. The molecule has 1 nitrogen and oxygen atoms in total. The molecule has 8 unspecified atom stereocenters. The molecule has 0 aromatic carbocycles. The second-order valence-corrected chi connectivity index (χ2v) is 20.0. The van der Waals surface area contributed by atoms with Crippen LogP contribution in [0.5, 0.6) is 0 Å². The molecule has 0 amide bonds. The van der Waals surface area contributed by atoms with E-state index in [9.17, 15) is 0 Å². The van der Waals surface area contributed by atoms with Gasteiger partial charge in [-0.15, -0.1) is 0 Å². The van der Waals surface area contributed by atoms with Gasteiger partial charge < -0.3 is 4.74 Å². The first kappa shape index (κ1) is 27.2. The lowest BCUT2D eigenvalue weighted by Gasteiger charge is -2.45. The molecular formula is C32H60OSi. The van der Waals surface area contributed by atoms with Gasteiger partial charge in [0.25, 0.3) is 0 Å². The molecule has 4 aliphatic rings. The highest BCUT2D eigenvalue weighted by Crippen LogP contribution is 2.64. The lowest BCUT2D eigenvalue weighted by Crippen LogP contribution is -2.43. The van der Waals surface area contributed by atoms with Crippen molar-refractivity contribution in [3.8, 4) is 0 Å². The number of hydrogen-bond acceptors (Lipinski definition) is 1. The van der Waals surface area contributed by atoms with Crippen LogP contribution in [0.15, 0.2) is 0 Å². The summed E-state index contributed by atoms with van der Waals surface area (Å²) in [6.45, 7) is 15.8. The quantitative estimate of drug-likeness (QED) is 0.219. The molecule has 4 rings (SSSR count). The fraction of sp³-hybridized carbons (Fsp3) is 1.00. The van der Waals surface area contributed by atoms with Crippen molar-refractivity contribution < 1.29 is 4.74 Å². The van der Waals surface area contributed by atoms with E-state index in [-0.39, 0.29) is 5.60 Å². The van der Waals surface area contributed by atoms with E-state index in [1.165, 1.54) is 51.4 Å². The Kier molecular flexibility index (Phi) is 9.37. The Morgan fingerprint density at radius 2 is 1.15 bits per heavy atom. The predicted molar refractivity (Wildman–Crippen MR) is 151 cm³/mol. The highest BCUT2D eigenvalue weighted by molar-refractivity contribution is 6.80. The molecule has 0 saturated heterocycles. The van der Waals surface area contributed by atoms with E-state index in [1.54, 1.807) is 51.4 Å². The summed E-state index contributed by atoms with van der Waals surface area (Å²) >= 11 is 0. The summed E-state index contributed by atoms with van der Waals surface area (Å²) in [4.78, 5) is 0. The number of fused-ring (bicyclic) bond motifs is 2. The summed E-state index contributed by atoms with van der Waals surface area (Å²) in [6, 6.07) is 0. The number of hydrogen-bond donors (Lipinski definition) is 0. The maximum absolute atomic E-state index is 6.04. The Balaban J connectivity index is 1.42. The summed E-state index contributed by atoms with van der Waals surface area (Å²) in [5.41, 5.74) is 2.30. The van der Waals surface area contributed by atoms with Crippen LogP contribution in [0, 0.1) is 35.5 Å². The van der Waals surface area contributed by atoms with Crippen molar-refractivity contribution in [3.63, 3.8) is 0 Å². The molecule has 2 heteroatoms. The Morgan fingerprint density at radius 1 is 0.676 bits per heavy atom. The van der Waals surface area contributed by atoms with E-state index in [1.807, 2.05) is 0 Å². The first-order valence-corrected chi connectivity index (χ1v) is 19.0. The average Bonchev–Trinajstić information content (AvgIpc) is 3.36. The van der Waals surface area contributed by atoms with Crippen molar-refractivity contribution in [2.45, 2.75) is 160 Å². The molecule has 0 aromatic heterocycles. The van der Waals surface area contributed by atoms with Crippen LogP contribution in [0.2, 0.25) is 24.2 Å². The van der Waals surface area contributed by atoms with Crippen molar-refractivity contribution in [1.29, 1.82) is 0 Å². The first-order valence-electron chi connectivity index (χ1n) is 15.9. The van der Waals surface area contributed by atoms with Gasteiger partial charge in [0.05, 0.1) is 13.7 Å². The zero-order valence-corrected chi connectivity index (χ0v) is 25.0. The van der Waals surface area contributed by atoms with Crippen LogP contribution in [-0.4, -0.2) is 20.3 Å². The van der Waals surface area contributed by atoms with Gasteiger partial charge in [0.1, 0.15) is 0 Å². The Morgan fingerprint density at radius 3 is 1.62 bits per heavy atom. The van der Waals surface area contributed by atoms with Crippen LogP contribution >= 0.6 is 0 Å². The summed E-state index contributed by atoms with van der Waals surface area (Å²) in [5, 5.41) is 0. The standard InChI is InChI=1S/C32H60OSi/c1-7-8-15-24-22-30(28-19-11-9-17-26(24)28)34(5,6)31-23-25(27-18-10-12-20-29(27)31)16-13-14-21-33-32(2,3)4/h24-31H,7-23H2,1-6H3. The third-order valence-corrected chi connectivity index (χ3v) is 16.6. The normalized spacial score (nSPS) is 38.6. The third kappa shape index (κ3) is 6.17. The second-order valence-electron chi connectivity index (χ2n) is 14.8. The number of rotatable bonds is 10. The van der Waals surface area contributed by atoms with E-state index in [2.05, 4.69) is 40.8 Å². The predicted octanol–water partition coefficient (Wildman–Crippen LogP) is 10.3. The molecule has 4 saturated carbocycles. The van der Waals surface area contributed by atoms with Gasteiger partial charge in [0.2, 0.25) is 0 Å². The average molecular weight is 489 g/mol. The molecule has 34 heavy (non-hydrogen) atoms. The van der Waals surface area contributed by atoms with E-state index in [0.29, 0.717) is 0 Å². The number of unbranched alkanes of at least 4 members (excludes halogenated alkanes) is 2. The van der Waals surface area contributed by atoms with Crippen molar-refractivity contribution in [1.82, 2.24) is 0 Å². The van der Waals surface area contributed by atoms with Gasteiger partial charge in [-0.2, -0.15) is 0 Å². The molecule has 4 aliphatic carbocycles. The fourth-order valence-electron chi connectivity index (χ4n) is 9.90. The van der Waals surface area contributed by atoms with Gasteiger partial charge >= 0.3 is 0 Å². The van der Waals surface area contributed by atoms with Gasteiger partial charge in [-0.3, -0.25) is 0 Å². The van der Waals surface area contributed by atoms with E-state index in [0.717, 1.165) is 53.2 Å². The minimum Gasteiger partial charge on any atom is -0.376 e. The molecule has 8 atom stereocenters. The Bertz CT molecular complexity index is 621. The lowest BCUT2D eigenvalue weighted by molar-refractivity contribution is -0.00523. The van der Waals surface area contributed by atoms with Gasteiger partial charge in [-0.05, 0) is 99.5 Å². The van der Waals surface area contributed by atoms with Crippen molar-refractivity contribution in [2.24, 2.45) is 35.5 Å². The molecule has 198 valence electrons. The molecule has 0 aromatic rings. The summed E-state index contributed by atoms with van der Waals surface area (Å²) in [5.74, 6) is 6.53. The van der Waals surface area contributed by atoms with E-state index in [4.69, 9.17) is 4.74 Å². The van der Waals surface area contributed by atoms with Crippen LogP contribution in [0.3, 0.4) is 0 Å². The molecular weight excluding hydrogens is 428 g/mol. The Hall–Kier alpha value is 0.177. The SMILES string of the molecule is CCCCC1CC([Si](C)(C)C2CC(CCCCOC(C)(C)C)C3CCCCC32)C2CCCCC12. The van der Waals surface area contributed by atoms with Crippen LogP contribution < -0.4 is 0 Å². The molecule has 4 fully saturated rings. The zero-order valence-electron chi connectivity index (χ0n) is 24.0. The van der Waals surface area contributed by atoms with Crippen LogP contribution in [0.4, 0.5) is 0 Å². The highest BCUT2D eigenvalue weighted by atomic mass is 28.3. The van der Waals surface area contributed by atoms with Gasteiger partial charge in [-0.25, -0.2) is 0 Å². The van der Waals surface area contributed by atoms with E-state index < -0.39 is 8.07 Å². The molecule has 0 radical (unpaired) electrons. The van der Waals surface area contributed by atoms with Gasteiger partial charge in [-0.1, -0.05) is 90.6 Å². The van der Waals surface area contributed by atoms with Gasteiger partial charge in [0.15, 0.2) is 0 Å². The summed E-state index contributed by atoms with van der Waals surface area (Å²) < 4.78 is 6.04. The molecule has 0 heterocycles. The minimum atomic E-state index is -1.28. The second kappa shape index (κ2) is 11.7. The van der Waals surface area contributed by atoms with E-state index >= 15 is 0 Å². The summed E-state index contributed by atoms with van der Waals surface area (Å²) in [6.07, 6.45) is 24.3. The molecule has 0 spiro atoms.